The first-order valence-electron chi connectivity index (χ1n) is 8.61. The monoisotopic (exact) mass is 406 g/mol. The maximum atomic E-state index is 12.9. The Labute approximate surface area is 171 Å². The fourth-order valence-corrected chi connectivity index (χ4v) is 3.17. The molecule has 0 saturated heterocycles. The number of fused-ring (bicyclic) bond motifs is 1. The predicted octanol–water partition coefficient (Wildman–Crippen LogP) is 5.10. The van der Waals surface area contributed by atoms with Crippen molar-refractivity contribution in [2.45, 2.75) is 12.5 Å². The molecule has 2 aromatic carbocycles. The zero-order chi connectivity index (χ0) is 18.7. The minimum atomic E-state index is -0.318. The third kappa shape index (κ3) is 5.04. The number of nitrogens with zero attached hydrogens (tertiary/aromatic N) is 2. The van der Waals surface area contributed by atoms with E-state index in [0.717, 1.165) is 23.0 Å². The lowest BCUT2D eigenvalue weighted by molar-refractivity contribution is 0.0263. The summed E-state index contributed by atoms with van der Waals surface area (Å²) in [7, 11) is 5.94. The maximum Gasteiger partial charge on any atom is 0.340 e. The third-order valence-corrected chi connectivity index (χ3v) is 4.70. The van der Waals surface area contributed by atoms with Gasteiger partial charge in [0.05, 0.1) is 5.56 Å². The summed E-state index contributed by atoms with van der Waals surface area (Å²) in [5, 5.41) is 1.57. The molecule has 1 heterocycles. The number of benzene rings is 2. The standard InChI is InChI=1S/C21H23ClN2O2.ClH/c1-23(2)13-12-20(15-8-10-16(22)11-9-15)26-21(25)18-14-24(3)19-7-5-4-6-17(18)19;/h4-11,14,20H,12-13H2,1-3H3;1H. The van der Waals surface area contributed by atoms with Crippen LogP contribution < -0.4 is 0 Å². The van der Waals surface area contributed by atoms with Gasteiger partial charge in [0, 0.05) is 42.1 Å². The van der Waals surface area contributed by atoms with Gasteiger partial charge in [0.2, 0.25) is 0 Å². The summed E-state index contributed by atoms with van der Waals surface area (Å²) in [6.07, 6.45) is 2.23. The van der Waals surface area contributed by atoms with Crippen LogP contribution in [0.2, 0.25) is 5.02 Å². The predicted molar refractivity (Wildman–Crippen MR) is 113 cm³/mol. The highest BCUT2D eigenvalue weighted by Crippen LogP contribution is 2.27. The molecule has 144 valence electrons. The topological polar surface area (TPSA) is 34.5 Å². The van der Waals surface area contributed by atoms with Gasteiger partial charge >= 0.3 is 5.97 Å². The zero-order valence-corrected chi connectivity index (χ0v) is 17.3. The molecular weight excluding hydrogens is 383 g/mol. The van der Waals surface area contributed by atoms with E-state index in [-0.39, 0.29) is 24.5 Å². The molecule has 1 aromatic heterocycles. The zero-order valence-electron chi connectivity index (χ0n) is 15.7. The van der Waals surface area contributed by atoms with Crippen molar-refractivity contribution < 1.29 is 9.53 Å². The lowest BCUT2D eigenvalue weighted by Gasteiger charge is -2.20. The Morgan fingerprint density at radius 2 is 1.81 bits per heavy atom. The van der Waals surface area contributed by atoms with Crippen LogP contribution in [0.4, 0.5) is 0 Å². The van der Waals surface area contributed by atoms with E-state index >= 15 is 0 Å². The summed E-state index contributed by atoms with van der Waals surface area (Å²) in [5.74, 6) is -0.305. The van der Waals surface area contributed by atoms with E-state index < -0.39 is 0 Å². The highest BCUT2D eigenvalue weighted by molar-refractivity contribution is 6.30. The summed E-state index contributed by atoms with van der Waals surface area (Å²) < 4.78 is 7.86. The lowest BCUT2D eigenvalue weighted by Crippen LogP contribution is -2.19. The summed E-state index contributed by atoms with van der Waals surface area (Å²) in [6, 6.07) is 15.3. The van der Waals surface area contributed by atoms with Crippen molar-refractivity contribution in [2.24, 2.45) is 7.05 Å². The summed E-state index contributed by atoms with van der Waals surface area (Å²) >= 11 is 5.99. The van der Waals surface area contributed by atoms with Gasteiger partial charge in [-0.15, -0.1) is 12.4 Å². The van der Waals surface area contributed by atoms with E-state index in [0.29, 0.717) is 17.0 Å². The minimum absolute atomic E-state index is 0. The SMILES string of the molecule is CN(C)CCC(OC(=O)c1cn(C)c2ccccc12)c1ccc(Cl)cc1.Cl. The molecule has 0 aliphatic heterocycles. The van der Waals surface area contributed by atoms with Crippen LogP contribution in [0.5, 0.6) is 0 Å². The summed E-state index contributed by atoms with van der Waals surface area (Å²) in [4.78, 5) is 15.0. The molecule has 27 heavy (non-hydrogen) atoms. The molecule has 4 nitrogen and oxygen atoms in total. The second-order valence-corrected chi connectivity index (χ2v) is 7.14. The molecule has 0 spiro atoms. The molecule has 0 saturated carbocycles. The van der Waals surface area contributed by atoms with Gasteiger partial charge in [0.15, 0.2) is 0 Å². The molecule has 0 N–H and O–H groups in total. The second-order valence-electron chi connectivity index (χ2n) is 6.71. The quantitative estimate of drug-likeness (QED) is 0.533. The van der Waals surface area contributed by atoms with Gasteiger partial charge in [0.25, 0.3) is 0 Å². The number of halogens is 2. The number of hydrogen-bond acceptors (Lipinski definition) is 3. The smallest absolute Gasteiger partial charge is 0.340 e. The van der Waals surface area contributed by atoms with E-state index in [4.69, 9.17) is 16.3 Å². The average molecular weight is 407 g/mol. The number of carbonyl (C=O) groups excluding carboxylic acids is 1. The fraction of sp³-hybridized carbons (Fsp3) is 0.286. The van der Waals surface area contributed by atoms with Crippen LogP contribution in [0.15, 0.2) is 54.7 Å². The molecule has 0 fully saturated rings. The molecular formula is C21H24Cl2N2O2. The number of aryl methyl sites for hydroxylation is 1. The van der Waals surface area contributed by atoms with Crippen LogP contribution in [0.3, 0.4) is 0 Å². The van der Waals surface area contributed by atoms with E-state index in [9.17, 15) is 4.79 Å². The van der Waals surface area contributed by atoms with Crippen LogP contribution in [-0.4, -0.2) is 36.1 Å². The summed E-state index contributed by atoms with van der Waals surface area (Å²) in [6.45, 7) is 0.816. The van der Waals surface area contributed by atoms with Gasteiger partial charge in [0.1, 0.15) is 6.10 Å². The largest absolute Gasteiger partial charge is 0.454 e. The van der Waals surface area contributed by atoms with Crippen molar-refractivity contribution in [3.63, 3.8) is 0 Å². The van der Waals surface area contributed by atoms with Crippen LogP contribution in [0, 0.1) is 0 Å². The van der Waals surface area contributed by atoms with Crippen molar-refractivity contribution in [3.05, 3.63) is 70.9 Å². The van der Waals surface area contributed by atoms with Gasteiger partial charge in [-0.25, -0.2) is 4.79 Å². The van der Waals surface area contributed by atoms with E-state index in [1.807, 2.05) is 80.4 Å². The van der Waals surface area contributed by atoms with Crippen LogP contribution in [0.1, 0.15) is 28.4 Å². The first-order valence-corrected chi connectivity index (χ1v) is 8.98. The molecule has 0 aliphatic rings. The number of para-hydroxylation sites is 1. The van der Waals surface area contributed by atoms with Crippen molar-refractivity contribution in [3.8, 4) is 0 Å². The Balaban J connectivity index is 0.00000261. The van der Waals surface area contributed by atoms with E-state index in [2.05, 4.69) is 4.90 Å². The Hall–Kier alpha value is -2.01. The van der Waals surface area contributed by atoms with Gasteiger partial charge in [-0.3, -0.25) is 0 Å². The van der Waals surface area contributed by atoms with Crippen LogP contribution in [-0.2, 0) is 11.8 Å². The first kappa shape index (κ1) is 21.3. The number of hydrogen-bond donors (Lipinski definition) is 0. The molecule has 3 aromatic rings. The number of rotatable bonds is 6. The van der Waals surface area contributed by atoms with Crippen molar-refractivity contribution in [2.75, 3.05) is 20.6 Å². The molecule has 3 rings (SSSR count). The summed E-state index contributed by atoms with van der Waals surface area (Å²) in [5.41, 5.74) is 2.55. The second kappa shape index (κ2) is 9.27. The van der Waals surface area contributed by atoms with Crippen LogP contribution in [0.25, 0.3) is 10.9 Å². The van der Waals surface area contributed by atoms with Gasteiger partial charge in [-0.05, 0) is 37.9 Å². The van der Waals surface area contributed by atoms with Gasteiger partial charge in [-0.2, -0.15) is 0 Å². The van der Waals surface area contributed by atoms with Gasteiger partial charge in [-0.1, -0.05) is 41.9 Å². The Morgan fingerprint density at radius 3 is 2.48 bits per heavy atom. The maximum absolute atomic E-state index is 12.9. The molecule has 0 amide bonds. The Morgan fingerprint density at radius 1 is 1.15 bits per heavy atom. The number of ether oxygens (including phenoxy) is 1. The highest BCUT2D eigenvalue weighted by atomic mass is 35.5. The third-order valence-electron chi connectivity index (χ3n) is 4.45. The highest BCUT2D eigenvalue weighted by Gasteiger charge is 2.21. The molecule has 0 aliphatic carbocycles. The van der Waals surface area contributed by atoms with Crippen molar-refractivity contribution >= 4 is 40.9 Å². The molecule has 1 atom stereocenters. The van der Waals surface area contributed by atoms with Gasteiger partial charge < -0.3 is 14.2 Å². The van der Waals surface area contributed by atoms with E-state index in [1.165, 1.54) is 0 Å². The van der Waals surface area contributed by atoms with Crippen LogP contribution >= 0.6 is 24.0 Å². The Kier molecular flexibility index (Phi) is 7.31. The lowest BCUT2D eigenvalue weighted by atomic mass is 10.1. The number of esters is 1. The normalized spacial score (nSPS) is 12.0. The molecule has 0 radical (unpaired) electrons. The van der Waals surface area contributed by atoms with Crippen molar-refractivity contribution in [1.82, 2.24) is 9.47 Å². The average Bonchev–Trinajstić information content (AvgIpc) is 2.96. The Bertz CT molecular complexity index is 904. The molecule has 1 unspecified atom stereocenters. The molecule has 6 heteroatoms. The number of carbonyl (C=O) groups is 1. The fourth-order valence-electron chi connectivity index (χ4n) is 3.04. The first-order chi connectivity index (χ1) is 12.5. The minimum Gasteiger partial charge on any atom is -0.454 e. The number of aromatic nitrogens is 1. The van der Waals surface area contributed by atoms with E-state index in [1.54, 1.807) is 0 Å². The van der Waals surface area contributed by atoms with Crippen molar-refractivity contribution in [1.29, 1.82) is 0 Å². The molecule has 0 bridgehead atoms.